The van der Waals surface area contributed by atoms with Crippen LogP contribution in [0.5, 0.6) is 0 Å². The second kappa shape index (κ2) is 5.44. The number of nitrogens with one attached hydrogen (secondary N) is 1. The number of carbonyl (C=O) groups excluding carboxylic acids is 1. The topological polar surface area (TPSA) is 94.1 Å². The monoisotopic (exact) mass is 273 g/mol. The van der Waals surface area contributed by atoms with Gasteiger partial charge in [-0.15, -0.1) is 0 Å². The first-order chi connectivity index (χ1) is 8.87. The Kier molecular flexibility index (Phi) is 4.07. The van der Waals surface area contributed by atoms with Crippen molar-refractivity contribution in [2.24, 2.45) is 0 Å². The van der Waals surface area contributed by atoms with E-state index in [1.807, 2.05) is 13.8 Å². The molecule has 7 heteroatoms. The molecule has 2 N–H and O–H groups in total. The molecule has 2 aliphatic heterocycles. The molecule has 0 aromatic carbocycles. The highest BCUT2D eigenvalue weighted by atomic mass is 16.7. The fourth-order valence-electron chi connectivity index (χ4n) is 2.20. The maximum atomic E-state index is 11.8. The molecule has 0 saturated carbocycles. The maximum absolute atomic E-state index is 11.8. The molecule has 0 radical (unpaired) electrons. The molecular formula is C12H19NO6. The summed E-state index contributed by atoms with van der Waals surface area (Å²) in [6, 6.07) is 0. The molecule has 0 spiro atoms. The first-order valence-corrected chi connectivity index (χ1v) is 6.35. The van der Waals surface area contributed by atoms with Crippen molar-refractivity contribution < 1.29 is 28.9 Å². The molecule has 2 heterocycles. The van der Waals surface area contributed by atoms with Gasteiger partial charge in [-0.2, -0.15) is 0 Å². The van der Waals surface area contributed by atoms with Crippen LogP contribution in [0.1, 0.15) is 26.7 Å². The Morgan fingerprint density at radius 2 is 2.00 bits per heavy atom. The average molecular weight is 273 g/mol. The Balaban J connectivity index is 1.72. The largest absolute Gasteiger partial charge is 0.479 e. The molecule has 0 aliphatic carbocycles. The zero-order valence-corrected chi connectivity index (χ0v) is 11.0. The molecule has 0 bridgehead atoms. The lowest BCUT2D eigenvalue weighted by Crippen LogP contribution is -2.40. The van der Waals surface area contributed by atoms with Crippen molar-refractivity contribution in [3.63, 3.8) is 0 Å². The molecule has 19 heavy (non-hydrogen) atoms. The minimum absolute atomic E-state index is 0.185. The van der Waals surface area contributed by atoms with Gasteiger partial charge in [0.1, 0.15) is 12.2 Å². The standard InChI is InChI=1S/C12H19NO6/c1-12(2)17-6-7(19-12)5-13-10(14)8-3-4-9(18-8)11(15)16/h7-9H,3-6H2,1-2H3,(H,13,14)(H,15,16)/t7?,8-,9+/m0/s1. The number of hydrogen-bond acceptors (Lipinski definition) is 5. The SMILES string of the molecule is CC1(C)OCC(CNC(=O)[C@@H]2CC[C@H](C(=O)O)O2)O1. The van der Waals surface area contributed by atoms with Gasteiger partial charge in [0.15, 0.2) is 11.9 Å². The van der Waals surface area contributed by atoms with Gasteiger partial charge in [0.2, 0.25) is 5.91 Å². The highest BCUT2D eigenvalue weighted by molar-refractivity contribution is 5.82. The van der Waals surface area contributed by atoms with Crippen molar-refractivity contribution >= 4 is 11.9 Å². The third kappa shape index (κ3) is 3.65. The molecule has 1 amide bonds. The highest BCUT2D eigenvalue weighted by Gasteiger charge is 2.36. The van der Waals surface area contributed by atoms with Crippen LogP contribution < -0.4 is 5.32 Å². The molecule has 2 rings (SSSR count). The molecule has 2 fully saturated rings. The Morgan fingerprint density at radius 1 is 1.32 bits per heavy atom. The summed E-state index contributed by atoms with van der Waals surface area (Å²) in [7, 11) is 0. The van der Waals surface area contributed by atoms with Crippen LogP contribution >= 0.6 is 0 Å². The second-order valence-electron chi connectivity index (χ2n) is 5.22. The Hall–Kier alpha value is -1.18. The van der Waals surface area contributed by atoms with Gasteiger partial charge in [0.05, 0.1) is 6.61 Å². The van der Waals surface area contributed by atoms with Gasteiger partial charge >= 0.3 is 5.97 Å². The van der Waals surface area contributed by atoms with Crippen LogP contribution in [0, 0.1) is 0 Å². The first kappa shape index (κ1) is 14.2. The van der Waals surface area contributed by atoms with E-state index in [0.29, 0.717) is 26.0 Å². The summed E-state index contributed by atoms with van der Waals surface area (Å²) in [6.45, 7) is 4.38. The summed E-state index contributed by atoms with van der Waals surface area (Å²) in [6.07, 6.45) is -0.951. The molecule has 3 atom stereocenters. The minimum atomic E-state index is -1.02. The van der Waals surface area contributed by atoms with Gasteiger partial charge in [0, 0.05) is 6.54 Å². The Morgan fingerprint density at radius 3 is 2.53 bits per heavy atom. The van der Waals surface area contributed by atoms with Crippen LogP contribution in [0.2, 0.25) is 0 Å². The summed E-state index contributed by atoms with van der Waals surface area (Å²) >= 11 is 0. The lowest BCUT2D eigenvalue weighted by molar-refractivity contribution is -0.152. The van der Waals surface area contributed by atoms with E-state index in [-0.39, 0.29) is 12.0 Å². The highest BCUT2D eigenvalue weighted by Crippen LogP contribution is 2.22. The zero-order valence-electron chi connectivity index (χ0n) is 11.0. The number of hydrogen-bond donors (Lipinski definition) is 2. The number of aliphatic carboxylic acids is 1. The Bertz CT molecular complexity index is 369. The van der Waals surface area contributed by atoms with Crippen LogP contribution in [0.3, 0.4) is 0 Å². The van der Waals surface area contributed by atoms with E-state index in [9.17, 15) is 9.59 Å². The quantitative estimate of drug-likeness (QED) is 0.742. The van der Waals surface area contributed by atoms with E-state index >= 15 is 0 Å². The van der Waals surface area contributed by atoms with Crippen molar-refractivity contribution in [2.45, 2.75) is 50.8 Å². The van der Waals surface area contributed by atoms with Crippen LogP contribution in [0.15, 0.2) is 0 Å². The third-order valence-electron chi connectivity index (χ3n) is 3.16. The zero-order chi connectivity index (χ0) is 14.0. The summed E-state index contributed by atoms with van der Waals surface area (Å²) in [5.41, 5.74) is 0. The van der Waals surface area contributed by atoms with Crippen LogP contribution in [0.25, 0.3) is 0 Å². The number of carbonyl (C=O) groups is 2. The maximum Gasteiger partial charge on any atom is 0.332 e. The van der Waals surface area contributed by atoms with Gasteiger partial charge in [-0.25, -0.2) is 4.79 Å². The minimum Gasteiger partial charge on any atom is -0.479 e. The lowest BCUT2D eigenvalue weighted by Gasteiger charge is -2.18. The van der Waals surface area contributed by atoms with E-state index in [2.05, 4.69) is 5.32 Å². The molecule has 1 unspecified atom stereocenters. The van der Waals surface area contributed by atoms with Gasteiger partial charge in [-0.1, -0.05) is 0 Å². The number of carboxylic acids is 1. The van der Waals surface area contributed by atoms with Gasteiger partial charge in [0.25, 0.3) is 0 Å². The predicted octanol–water partition coefficient (Wildman–Crippen LogP) is -0.114. The third-order valence-corrected chi connectivity index (χ3v) is 3.16. The van der Waals surface area contributed by atoms with Crippen LogP contribution in [-0.4, -0.2) is 54.2 Å². The summed E-state index contributed by atoms with van der Waals surface area (Å²) in [5.74, 6) is -1.94. The van der Waals surface area contributed by atoms with Gasteiger partial charge in [-0.3, -0.25) is 4.79 Å². The fourth-order valence-corrected chi connectivity index (χ4v) is 2.20. The number of amides is 1. The molecule has 0 aromatic heterocycles. The number of carboxylic acid groups (broad SMARTS) is 1. The predicted molar refractivity (Wildman–Crippen MR) is 63.4 cm³/mol. The second-order valence-corrected chi connectivity index (χ2v) is 5.22. The van der Waals surface area contributed by atoms with Crippen LogP contribution in [0.4, 0.5) is 0 Å². The molecule has 2 saturated heterocycles. The average Bonchev–Trinajstić information content (AvgIpc) is 2.92. The fraction of sp³-hybridized carbons (Fsp3) is 0.833. The Labute approximate surface area is 111 Å². The molecule has 108 valence electrons. The van der Waals surface area contributed by atoms with Crippen molar-refractivity contribution in [2.75, 3.05) is 13.2 Å². The number of rotatable bonds is 4. The normalized spacial score (nSPS) is 33.3. The van der Waals surface area contributed by atoms with Crippen molar-refractivity contribution in [3.8, 4) is 0 Å². The molecule has 7 nitrogen and oxygen atoms in total. The first-order valence-electron chi connectivity index (χ1n) is 6.35. The van der Waals surface area contributed by atoms with Crippen molar-refractivity contribution in [3.05, 3.63) is 0 Å². The molecule has 0 aromatic rings. The smallest absolute Gasteiger partial charge is 0.332 e. The van der Waals surface area contributed by atoms with Gasteiger partial charge in [-0.05, 0) is 26.7 Å². The van der Waals surface area contributed by atoms with E-state index in [1.54, 1.807) is 0 Å². The summed E-state index contributed by atoms with van der Waals surface area (Å²) in [4.78, 5) is 22.5. The number of ether oxygens (including phenoxy) is 3. The van der Waals surface area contributed by atoms with Crippen molar-refractivity contribution in [1.82, 2.24) is 5.32 Å². The van der Waals surface area contributed by atoms with Crippen molar-refractivity contribution in [1.29, 1.82) is 0 Å². The van der Waals surface area contributed by atoms with Crippen LogP contribution in [-0.2, 0) is 23.8 Å². The lowest BCUT2D eigenvalue weighted by atomic mass is 10.2. The van der Waals surface area contributed by atoms with E-state index in [4.69, 9.17) is 19.3 Å². The summed E-state index contributed by atoms with van der Waals surface area (Å²) < 4.78 is 16.1. The van der Waals surface area contributed by atoms with Gasteiger partial charge < -0.3 is 24.6 Å². The molecular weight excluding hydrogens is 254 g/mol. The summed E-state index contributed by atoms with van der Waals surface area (Å²) in [5, 5.41) is 11.5. The molecule has 2 aliphatic rings. The van der Waals surface area contributed by atoms with E-state index < -0.39 is 24.0 Å². The van der Waals surface area contributed by atoms with E-state index in [0.717, 1.165) is 0 Å². The van der Waals surface area contributed by atoms with E-state index in [1.165, 1.54) is 0 Å².